The van der Waals surface area contributed by atoms with Crippen LogP contribution in [0.4, 0.5) is 10.1 Å². The van der Waals surface area contributed by atoms with Crippen LogP contribution in [0.3, 0.4) is 0 Å². The molecular formula is C33H37FN2O7. The zero-order chi connectivity index (χ0) is 30.5. The average molecular weight is 593 g/mol. The van der Waals surface area contributed by atoms with Crippen LogP contribution in [-0.4, -0.2) is 62.1 Å². The van der Waals surface area contributed by atoms with Crippen LogP contribution in [0.15, 0.2) is 54.6 Å². The standard InChI is InChI=1S/C33H37FN2O7/c1-4-20-7-6-8-21(5-2)31(20)35-29(37)18-36-17-25(24-15-27-28(16-26(24)34)43-19-42-27)30(33(38)39)32(36)22-9-11-23(12-10-22)41-14-13-40-3/h6-12,15-16,25,30,32H,4-5,13-14,17-19H2,1-3H3,(H,35,37)(H,38,39)/t25-,30?,32+/m1/s1. The number of nitrogens with one attached hydrogen (secondary N) is 1. The third-order valence-electron chi connectivity index (χ3n) is 8.16. The number of para-hydroxylation sites is 1. The monoisotopic (exact) mass is 592 g/mol. The van der Waals surface area contributed by atoms with E-state index in [1.54, 1.807) is 31.4 Å². The number of rotatable bonds is 12. The Balaban J connectivity index is 1.49. The van der Waals surface area contributed by atoms with E-state index in [1.807, 2.05) is 36.9 Å². The molecule has 2 aliphatic rings. The first-order chi connectivity index (χ1) is 20.8. The first-order valence-corrected chi connectivity index (χ1v) is 14.5. The minimum absolute atomic E-state index is 0.0298. The molecule has 2 heterocycles. The lowest BCUT2D eigenvalue weighted by molar-refractivity contribution is -0.143. The quantitative estimate of drug-likeness (QED) is 0.277. The van der Waals surface area contributed by atoms with Gasteiger partial charge in [0.1, 0.15) is 18.2 Å². The van der Waals surface area contributed by atoms with Gasteiger partial charge in [-0.15, -0.1) is 0 Å². The second kappa shape index (κ2) is 13.4. The Kier molecular flexibility index (Phi) is 9.47. The molecule has 5 rings (SSSR count). The SMILES string of the molecule is CCc1cccc(CC)c1NC(=O)CN1C[C@H](c2cc3c(cc2F)OCO3)C(C(=O)O)[C@@H]1c1ccc(OCCOC)cc1. The largest absolute Gasteiger partial charge is 0.491 e. The highest BCUT2D eigenvalue weighted by Gasteiger charge is 2.49. The number of fused-ring (bicyclic) bond motifs is 1. The van der Waals surface area contributed by atoms with Gasteiger partial charge in [0.25, 0.3) is 0 Å². The van der Waals surface area contributed by atoms with E-state index in [2.05, 4.69) is 5.32 Å². The van der Waals surface area contributed by atoms with Gasteiger partial charge in [0.05, 0.1) is 19.1 Å². The molecule has 3 aromatic carbocycles. The number of anilines is 1. The maximum Gasteiger partial charge on any atom is 0.309 e. The Hall–Kier alpha value is -4.15. The summed E-state index contributed by atoms with van der Waals surface area (Å²) >= 11 is 0. The van der Waals surface area contributed by atoms with Gasteiger partial charge >= 0.3 is 5.97 Å². The van der Waals surface area contributed by atoms with E-state index < -0.39 is 29.7 Å². The summed E-state index contributed by atoms with van der Waals surface area (Å²) in [6.45, 7) is 4.90. The molecule has 3 aromatic rings. The molecule has 2 aliphatic heterocycles. The number of halogens is 1. The van der Waals surface area contributed by atoms with Gasteiger partial charge in [-0.05, 0) is 53.3 Å². The summed E-state index contributed by atoms with van der Waals surface area (Å²) in [6, 6.07) is 15.1. The Morgan fingerprint density at radius 1 is 1.02 bits per heavy atom. The number of carboxylic acid groups (broad SMARTS) is 1. The topological polar surface area (TPSA) is 107 Å². The zero-order valence-electron chi connectivity index (χ0n) is 24.6. The lowest BCUT2D eigenvalue weighted by atomic mass is 9.82. The van der Waals surface area contributed by atoms with Crippen molar-refractivity contribution in [1.82, 2.24) is 4.90 Å². The van der Waals surface area contributed by atoms with Gasteiger partial charge in [-0.1, -0.05) is 44.2 Å². The maximum atomic E-state index is 15.5. The number of aliphatic carboxylic acids is 1. The zero-order valence-corrected chi connectivity index (χ0v) is 24.6. The van der Waals surface area contributed by atoms with Crippen molar-refractivity contribution >= 4 is 17.6 Å². The van der Waals surface area contributed by atoms with Crippen molar-refractivity contribution in [3.05, 3.63) is 82.7 Å². The Morgan fingerprint density at radius 3 is 2.33 bits per heavy atom. The molecule has 1 fully saturated rings. The van der Waals surface area contributed by atoms with E-state index in [-0.39, 0.29) is 37.1 Å². The van der Waals surface area contributed by atoms with Gasteiger partial charge in [0, 0.05) is 37.4 Å². The maximum absolute atomic E-state index is 15.5. The molecule has 9 nitrogen and oxygen atoms in total. The summed E-state index contributed by atoms with van der Waals surface area (Å²) in [6.07, 6.45) is 1.50. The van der Waals surface area contributed by atoms with Crippen LogP contribution in [0.5, 0.6) is 17.2 Å². The molecule has 0 spiro atoms. The lowest BCUT2D eigenvalue weighted by Crippen LogP contribution is -2.35. The van der Waals surface area contributed by atoms with Crippen LogP contribution in [0.25, 0.3) is 0 Å². The van der Waals surface area contributed by atoms with Crippen molar-refractivity contribution in [2.24, 2.45) is 5.92 Å². The molecular weight excluding hydrogens is 555 g/mol. The Bertz CT molecular complexity index is 1440. The van der Waals surface area contributed by atoms with E-state index >= 15 is 4.39 Å². The molecule has 0 aromatic heterocycles. The number of ether oxygens (including phenoxy) is 4. The van der Waals surface area contributed by atoms with Crippen LogP contribution in [0, 0.1) is 11.7 Å². The van der Waals surface area contributed by atoms with E-state index in [0.29, 0.717) is 30.3 Å². The summed E-state index contributed by atoms with van der Waals surface area (Å²) in [5.74, 6) is -2.46. The van der Waals surface area contributed by atoms with Crippen molar-refractivity contribution in [1.29, 1.82) is 0 Å². The van der Waals surface area contributed by atoms with E-state index in [1.165, 1.54) is 12.1 Å². The van der Waals surface area contributed by atoms with Crippen molar-refractivity contribution in [2.75, 3.05) is 45.5 Å². The summed E-state index contributed by atoms with van der Waals surface area (Å²) in [4.78, 5) is 28.3. The van der Waals surface area contributed by atoms with Gasteiger partial charge in [-0.25, -0.2) is 4.39 Å². The smallest absolute Gasteiger partial charge is 0.309 e. The molecule has 10 heteroatoms. The van der Waals surface area contributed by atoms with Gasteiger partial charge in [0.15, 0.2) is 11.5 Å². The number of hydrogen-bond acceptors (Lipinski definition) is 7. The highest BCUT2D eigenvalue weighted by Crippen LogP contribution is 2.48. The predicted molar refractivity (Wildman–Crippen MR) is 158 cm³/mol. The van der Waals surface area contributed by atoms with Crippen molar-refractivity contribution in [2.45, 2.75) is 38.6 Å². The van der Waals surface area contributed by atoms with Gasteiger partial charge in [-0.3, -0.25) is 14.5 Å². The van der Waals surface area contributed by atoms with Crippen LogP contribution in [0.2, 0.25) is 0 Å². The summed E-state index contributed by atoms with van der Waals surface area (Å²) in [7, 11) is 1.59. The molecule has 0 bridgehead atoms. The molecule has 228 valence electrons. The van der Waals surface area contributed by atoms with Crippen LogP contribution in [-0.2, 0) is 27.2 Å². The number of benzene rings is 3. The number of nitrogens with zero attached hydrogens (tertiary/aromatic N) is 1. The number of carbonyl (C=O) groups excluding carboxylic acids is 1. The number of methoxy groups -OCH3 is 1. The summed E-state index contributed by atoms with van der Waals surface area (Å²) in [5, 5.41) is 13.6. The van der Waals surface area contributed by atoms with Crippen LogP contribution >= 0.6 is 0 Å². The molecule has 1 amide bonds. The van der Waals surface area contributed by atoms with E-state index in [0.717, 1.165) is 29.7 Å². The predicted octanol–water partition coefficient (Wildman–Crippen LogP) is 5.18. The van der Waals surface area contributed by atoms with Crippen molar-refractivity contribution in [3.63, 3.8) is 0 Å². The first kappa shape index (κ1) is 30.3. The highest BCUT2D eigenvalue weighted by atomic mass is 19.1. The number of amides is 1. The van der Waals surface area contributed by atoms with Crippen molar-refractivity contribution < 1.29 is 38.0 Å². The lowest BCUT2D eigenvalue weighted by Gasteiger charge is -2.27. The second-order valence-corrected chi connectivity index (χ2v) is 10.7. The number of hydrogen-bond donors (Lipinski definition) is 2. The summed E-state index contributed by atoms with van der Waals surface area (Å²) < 4.78 is 37.0. The van der Waals surface area contributed by atoms with Gasteiger partial charge < -0.3 is 29.4 Å². The molecule has 3 atom stereocenters. The highest BCUT2D eigenvalue weighted by molar-refractivity contribution is 5.94. The summed E-state index contributed by atoms with van der Waals surface area (Å²) in [5.41, 5.74) is 3.75. The molecule has 1 unspecified atom stereocenters. The number of carbonyl (C=O) groups is 2. The van der Waals surface area contributed by atoms with E-state index in [9.17, 15) is 14.7 Å². The normalized spacial score (nSPS) is 19.4. The minimum Gasteiger partial charge on any atom is -0.491 e. The average Bonchev–Trinajstić information content (AvgIpc) is 3.61. The number of carboxylic acids is 1. The minimum atomic E-state index is -1.08. The molecule has 1 saturated heterocycles. The number of likely N-dealkylation sites (tertiary alicyclic amines) is 1. The van der Waals surface area contributed by atoms with Gasteiger partial charge in [0.2, 0.25) is 12.7 Å². The fourth-order valence-electron chi connectivity index (χ4n) is 6.09. The van der Waals surface area contributed by atoms with E-state index in [4.69, 9.17) is 18.9 Å². The fourth-order valence-corrected chi connectivity index (χ4v) is 6.09. The third kappa shape index (κ3) is 6.45. The van der Waals surface area contributed by atoms with Gasteiger partial charge in [-0.2, -0.15) is 0 Å². The molecule has 0 aliphatic carbocycles. The fraction of sp³-hybridized carbons (Fsp3) is 0.394. The first-order valence-electron chi connectivity index (χ1n) is 14.5. The Labute approximate surface area is 250 Å². The molecule has 0 saturated carbocycles. The van der Waals surface area contributed by atoms with Crippen LogP contribution < -0.4 is 19.5 Å². The Morgan fingerprint density at radius 2 is 1.70 bits per heavy atom. The third-order valence-corrected chi connectivity index (χ3v) is 8.16. The molecule has 43 heavy (non-hydrogen) atoms. The van der Waals surface area contributed by atoms with Crippen molar-refractivity contribution in [3.8, 4) is 17.2 Å². The van der Waals surface area contributed by atoms with Crippen LogP contribution in [0.1, 0.15) is 48.1 Å². The molecule has 2 N–H and O–H groups in total. The molecule has 0 radical (unpaired) electrons. The number of aryl methyl sites for hydroxylation is 2. The second-order valence-electron chi connectivity index (χ2n) is 10.7.